The third-order valence-corrected chi connectivity index (χ3v) is 11.4. The van der Waals surface area contributed by atoms with Crippen LogP contribution >= 0.6 is 0 Å². The van der Waals surface area contributed by atoms with Crippen molar-refractivity contribution in [3.63, 3.8) is 0 Å². The molecule has 58 heavy (non-hydrogen) atoms. The van der Waals surface area contributed by atoms with Crippen molar-refractivity contribution in [3.05, 3.63) is 212 Å². The van der Waals surface area contributed by atoms with Crippen molar-refractivity contribution in [2.45, 2.75) is 0 Å². The summed E-state index contributed by atoms with van der Waals surface area (Å²) in [5.74, 6) is 1.92. The molecule has 0 saturated carbocycles. The number of fused-ring (bicyclic) bond motifs is 3. The number of hydrogen-bond acceptors (Lipinski definition) is 3. The molecule has 0 atom stereocenters. The van der Waals surface area contributed by atoms with Crippen LogP contribution in [0.3, 0.4) is 0 Å². The molecule has 0 spiro atoms. The normalized spacial score (nSPS) is 11.4. The zero-order valence-corrected chi connectivity index (χ0v) is 31.5. The molecule has 9 aromatic carbocycles. The second-order valence-electron chi connectivity index (χ2n) is 14.7. The molecule has 1 aliphatic rings. The van der Waals surface area contributed by atoms with Crippen LogP contribution in [0.5, 0.6) is 0 Å². The van der Waals surface area contributed by atoms with E-state index in [0.29, 0.717) is 17.5 Å². The highest BCUT2D eigenvalue weighted by Gasteiger charge is 2.22. The molecule has 0 radical (unpaired) electrons. The smallest absolute Gasteiger partial charge is 0.164 e. The van der Waals surface area contributed by atoms with Gasteiger partial charge in [0.25, 0.3) is 0 Å². The Labute approximate surface area is 337 Å². The Morgan fingerprint density at radius 2 is 0.534 bits per heavy atom. The standard InChI is InChI=1S/C55H35N3/c1-3-14-36(15-4-1)44-20-9-12-23-51(44)55-57-53(40-16-5-2-6-17-40)56-54(58-55)41-32-30-38(31-33-41)43-19-8-7-18-42(43)37-26-28-39(29-27-37)45-34-35-50-47-22-11-10-21-46(47)49-25-13-24-48(45)52(49)50/h1-35H. The number of benzene rings is 9. The van der Waals surface area contributed by atoms with Gasteiger partial charge in [-0.25, -0.2) is 15.0 Å². The van der Waals surface area contributed by atoms with Crippen molar-refractivity contribution in [2.75, 3.05) is 0 Å². The van der Waals surface area contributed by atoms with E-state index in [2.05, 4.69) is 170 Å². The maximum Gasteiger partial charge on any atom is 0.164 e. The Hall–Kier alpha value is -7.75. The largest absolute Gasteiger partial charge is 0.208 e. The van der Waals surface area contributed by atoms with Gasteiger partial charge in [-0.2, -0.15) is 0 Å². The fraction of sp³-hybridized carbons (Fsp3) is 0. The van der Waals surface area contributed by atoms with Crippen molar-refractivity contribution in [1.82, 2.24) is 15.0 Å². The lowest BCUT2D eigenvalue weighted by Crippen LogP contribution is -2.01. The molecule has 1 aliphatic carbocycles. The Morgan fingerprint density at radius 3 is 1.10 bits per heavy atom. The zero-order valence-electron chi connectivity index (χ0n) is 31.5. The van der Waals surface area contributed by atoms with Crippen LogP contribution in [0.1, 0.15) is 0 Å². The summed E-state index contributed by atoms with van der Waals surface area (Å²) >= 11 is 0. The van der Waals surface area contributed by atoms with E-state index < -0.39 is 0 Å². The van der Waals surface area contributed by atoms with Crippen molar-refractivity contribution in [1.29, 1.82) is 0 Å². The first-order valence-corrected chi connectivity index (χ1v) is 19.7. The Balaban J connectivity index is 0.940. The fourth-order valence-corrected chi connectivity index (χ4v) is 8.56. The molecule has 0 N–H and O–H groups in total. The van der Waals surface area contributed by atoms with Gasteiger partial charge in [-0.1, -0.05) is 212 Å². The van der Waals surface area contributed by atoms with Gasteiger partial charge >= 0.3 is 0 Å². The number of aromatic nitrogens is 3. The maximum atomic E-state index is 5.11. The summed E-state index contributed by atoms with van der Waals surface area (Å²) in [6.45, 7) is 0. The number of rotatable bonds is 7. The Bertz CT molecular complexity index is 3100. The Kier molecular flexibility index (Phi) is 8.15. The maximum absolute atomic E-state index is 5.11. The highest BCUT2D eigenvalue weighted by molar-refractivity contribution is 6.18. The molecular formula is C55H35N3. The number of hydrogen-bond donors (Lipinski definition) is 0. The molecule has 10 aromatic rings. The van der Waals surface area contributed by atoms with E-state index in [9.17, 15) is 0 Å². The molecule has 11 rings (SSSR count). The summed E-state index contributed by atoms with van der Waals surface area (Å²) in [5, 5.41) is 2.64. The lowest BCUT2D eigenvalue weighted by molar-refractivity contribution is 1.07. The lowest BCUT2D eigenvalue weighted by atomic mass is 9.91. The van der Waals surface area contributed by atoms with Gasteiger partial charge in [0, 0.05) is 16.7 Å². The highest BCUT2D eigenvalue weighted by Crippen LogP contribution is 2.49. The first kappa shape index (κ1) is 33.6. The van der Waals surface area contributed by atoms with E-state index in [1.807, 2.05) is 42.5 Å². The minimum Gasteiger partial charge on any atom is -0.208 e. The minimum absolute atomic E-state index is 0.633. The average molecular weight is 738 g/mol. The van der Waals surface area contributed by atoms with Gasteiger partial charge < -0.3 is 0 Å². The summed E-state index contributed by atoms with van der Waals surface area (Å²) in [6.07, 6.45) is 0. The summed E-state index contributed by atoms with van der Waals surface area (Å²) in [5.41, 5.74) is 17.4. The molecule has 0 fully saturated rings. The molecule has 0 saturated heterocycles. The lowest BCUT2D eigenvalue weighted by Gasteiger charge is -2.14. The van der Waals surface area contributed by atoms with Gasteiger partial charge in [-0.15, -0.1) is 0 Å². The van der Waals surface area contributed by atoms with Crippen molar-refractivity contribution in [2.24, 2.45) is 0 Å². The second-order valence-corrected chi connectivity index (χ2v) is 14.7. The van der Waals surface area contributed by atoms with Crippen LogP contribution in [0.2, 0.25) is 0 Å². The monoisotopic (exact) mass is 737 g/mol. The molecule has 0 unspecified atom stereocenters. The van der Waals surface area contributed by atoms with E-state index in [4.69, 9.17) is 15.0 Å². The van der Waals surface area contributed by atoms with E-state index in [1.165, 1.54) is 60.8 Å². The molecule has 3 heteroatoms. The molecule has 1 heterocycles. The van der Waals surface area contributed by atoms with Crippen LogP contribution in [0.25, 0.3) is 112 Å². The van der Waals surface area contributed by atoms with Crippen LogP contribution in [-0.2, 0) is 0 Å². The highest BCUT2D eigenvalue weighted by atomic mass is 15.0. The quantitative estimate of drug-likeness (QED) is 0.163. The predicted molar refractivity (Wildman–Crippen MR) is 240 cm³/mol. The summed E-state index contributed by atoms with van der Waals surface area (Å²) < 4.78 is 0. The van der Waals surface area contributed by atoms with E-state index in [0.717, 1.165) is 33.4 Å². The van der Waals surface area contributed by atoms with Crippen LogP contribution in [-0.4, -0.2) is 15.0 Å². The fourth-order valence-electron chi connectivity index (χ4n) is 8.56. The summed E-state index contributed by atoms with van der Waals surface area (Å²) in [7, 11) is 0. The molecule has 0 amide bonds. The first-order chi connectivity index (χ1) is 28.8. The van der Waals surface area contributed by atoms with Gasteiger partial charge in [0.05, 0.1) is 0 Å². The van der Waals surface area contributed by atoms with Gasteiger partial charge in [-0.3, -0.25) is 0 Å². The van der Waals surface area contributed by atoms with E-state index in [-0.39, 0.29) is 0 Å². The van der Waals surface area contributed by atoms with E-state index >= 15 is 0 Å². The van der Waals surface area contributed by atoms with E-state index in [1.54, 1.807) is 0 Å². The third-order valence-electron chi connectivity index (χ3n) is 11.4. The predicted octanol–water partition coefficient (Wildman–Crippen LogP) is 14.3. The number of nitrogens with zero attached hydrogens (tertiary/aromatic N) is 3. The van der Waals surface area contributed by atoms with Crippen LogP contribution in [0, 0.1) is 0 Å². The topological polar surface area (TPSA) is 38.7 Å². The third kappa shape index (κ3) is 5.80. The molecule has 3 nitrogen and oxygen atoms in total. The van der Waals surface area contributed by atoms with Gasteiger partial charge in [-0.05, 0) is 77.5 Å². The zero-order chi connectivity index (χ0) is 38.4. The van der Waals surface area contributed by atoms with Crippen LogP contribution in [0.4, 0.5) is 0 Å². The average Bonchev–Trinajstić information content (AvgIpc) is 3.64. The van der Waals surface area contributed by atoms with Crippen molar-refractivity contribution in [3.8, 4) is 101 Å². The van der Waals surface area contributed by atoms with Gasteiger partial charge in [0.15, 0.2) is 17.5 Å². The van der Waals surface area contributed by atoms with Crippen molar-refractivity contribution >= 4 is 10.8 Å². The van der Waals surface area contributed by atoms with Gasteiger partial charge in [0.2, 0.25) is 0 Å². The summed E-state index contributed by atoms with van der Waals surface area (Å²) in [4.78, 5) is 15.2. The van der Waals surface area contributed by atoms with Crippen molar-refractivity contribution < 1.29 is 0 Å². The van der Waals surface area contributed by atoms with Crippen LogP contribution < -0.4 is 0 Å². The Morgan fingerprint density at radius 1 is 0.190 bits per heavy atom. The molecule has 0 bridgehead atoms. The summed E-state index contributed by atoms with van der Waals surface area (Å²) in [6, 6.07) is 75.2. The molecule has 1 aromatic heterocycles. The molecule has 0 aliphatic heterocycles. The van der Waals surface area contributed by atoms with Gasteiger partial charge in [0.1, 0.15) is 0 Å². The SMILES string of the molecule is c1ccc(-c2nc(-c3ccc(-c4ccccc4-c4ccc(-c5ccc6c7c(cccc57)-c5ccccc5-6)cc4)cc3)nc(-c3ccccc3-c3ccccc3)n2)cc1. The molecular weight excluding hydrogens is 703 g/mol. The van der Waals surface area contributed by atoms with Crippen LogP contribution in [0.15, 0.2) is 212 Å². The molecule has 270 valence electrons. The first-order valence-electron chi connectivity index (χ1n) is 19.7. The second kappa shape index (κ2) is 14.1. The minimum atomic E-state index is 0.633.